The molecule has 2 atom stereocenters. The van der Waals surface area contributed by atoms with Crippen molar-refractivity contribution in [2.75, 3.05) is 11.1 Å². The van der Waals surface area contributed by atoms with Gasteiger partial charge in [-0.25, -0.2) is 8.78 Å². The maximum Gasteiger partial charge on any atom is 0.161 e. The molecule has 2 unspecified atom stereocenters. The van der Waals surface area contributed by atoms with Crippen molar-refractivity contribution in [3.05, 3.63) is 29.8 Å². The molecule has 2 aliphatic rings. The summed E-state index contributed by atoms with van der Waals surface area (Å²) in [4.78, 5) is 4.65. The van der Waals surface area contributed by atoms with E-state index in [0.29, 0.717) is 17.1 Å². The highest BCUT2D eigenvalue weighted by atomic mass is 32.2. The summed E-state index contributed by atoms with van der Waals surface area (Å²) < 4.78 is 26.7. The molecule has 0 bridgehead atoms. The predicted molar refractivity (Wildman–Crippen MR) is 75.6 cm³/mol. The zero-order chi connectivity index (χ0) is 13.2. The van der Waals surface area contributed by atoms with Crippen molar-refractivity contribution in [2.45, 2.75) is 31.7 Å². The van der Waals surface area contributed by atoms with Gasteiger partial charge in [0.05, 0.1) is 11.7 Å². The van der Waals surface area contributed by atoms with E-state index in [-0.39, 0.29) is 5.69 Å². The number of anilines is 1. The second kappa shape index (κ2) is 5.49. The number of rotatable bonds is 1. The van der Waals surface area contributed by atoms with Crippen molar-refractivity contribution in [1.82, 2.24) is 0 Å². The monoisotopic (exact) mass is 282 g/mol. The molecule has 1 aromatic carbocycles. The van der Waals surface area contributed by atoms with Crippen molar-refractivity contribution < 1.29 is 8.78 Å². The molecule has 102 valence electrons. The van der Waals surface area contributed by atoms with Crippen LogP contribution in [0.2, 0.25) is 0 Å². The van der Waals surface area contributed by atoms with Crippen LogP contribution in [-0.2, 0) is 0 Å². The number of nitrogens with zero attached hydrogens (tertiary/aromatic N) is 1. The molecule has 0 aromatic heterocycles. The van der Waals surface area contributed by atoms with Crippen molar-refractivity contribution >= 4 is 22.6 Å². The van der Waals surface area contributed by atoms with Crippen LogP contribution in [0.4, 0.5) is 14.5 Å². The number of hydrogen-bond acceptors (Lipinski definition) is 3. The van der Waals surface area contributed by atoms with Gasteiger partial charge in [0.15, 0.2) is 5.17 Å². The van der Waals surface area contributed by atoms with Crippen molar-refractivity contribution in [2.24, 2.45) is 10.9 Å². The second-order valence-corrected chi connectivity index (χ2v) is 6.12. The Morgan fingerprint density at radius 1 is 1.21 bits per heavy atom. The third kappa shape index (κ3) is 2.91. The lowest BCUT2D eigenvalue weighted by Gasteiger charge is -2.32. The van der Waals surface area contributed by atoms with Crippen LogP contribution in [0, 0.1) is 17.6 Å². The minimum Gasteiger partial charge on any atom is -0.333 e. The molecule has 5 heteroatoms. The Morgan fingerprint density at radius 2 is 2.05 bits per heavy atom. The Kier molecular flexibility index (Phi) is 3.73. The fraction of sp³-hybridized carbons (Fsp3) is 0.500. The summed E-state index contributed by atoms with van der Waals surface area (Å²) in [7, 11) is 0. The van der Waals surface area contributed by atoms with Gasteiger partial charge in [0, 0.05) is 11.8 Å². The van der Waals surface area contributed by atoms with E-state index >= 15 is 0 Å². The van der Waals surface area contributed by atoms with E-state index in [1.54, 1.807) is 11.8 Å². The summed E-state index contributed by atoms with van der Waals surface area (Å²) in [5.74, 6) is 0.783. The van der Waals surface area contributed by atoms with Crippen LogP contribution in [0.1, 0.15) is 25.7 Å². The van der Waals surface area contributed by atoms with Crippen molar-refractivity contribution in [1.29, 1.82) is 0 Å². The molecule has 0 spiro atoms. The molecule has 1 fully saturated rings. The van der Waals surface area contributed by atoms with Gasteiger partial charge in [-0.2, -0.15) is 0 Å². The molecule has 1 N–H and O–H groups in total. The van der Waals surface area contributed by atoms with Crippen LogP contribution < -0.4 is 5.32 Å². The maximum absolute atomic E-state index is 13.6. The van der Waals surface area contributed by atoms with Crippen LogP contribution in [0.25, 0.3) is 0 Å². The number of hydrogen-bond donors (Lipinski definition) is 1. The molecule has 1 aliphatic heterocycles. The first kappa shape index (κ1) is 12.9. The molecule has 0 saturated heterocycles. The average Bonchev–Trinajstić information content (AvgIpc) is 2.43. The maximum atomic E-state index is 13.6. The van der Waals surface area contributed by atoms with E-state index in [1.807, 2.05) is 0 Å². The van der Waals surface area contributed by atoms with Crippen LogP contribution in [0.3, 0.4) is 0 Å². The van der Waals surface area contributed by atoms with Crippen LogP contribution >= 0.6 is 11.8 Å². The number of benzene rings is 1. The lowest BCUT2D eigenvalue weighted by molar-refractivity contribution is 0.336. The molecule has 3 rings (SSSR count). The Hall–Kier alpha value is -1.10. The fourth-order valence-corrected chi connectivity index (χ4v) is 3.86. The number of aliphatic imine (C=N–C) groups is 1. The molecular formula is C14H16F2N2S. The lowest BCUT2D eigenvalue weighted by atomic mass is 9.86. The number of nitrogens with one attached hydrogen (secondary N) is 1. The largest absolute Gasteiger partial charge is 0.333 e. The summed E-state index contributed by atoms with van der Waals surface area (Å²) in [5.41, 5.74) is 0.167. The van der Waals surface area contributed by atoms with Gasteiger partial charge in [-0.15, -0.1) is 0 Å². The van der Waals surface area contributed by atoms with Gasteiger partial charge < -0.3 is 5.32 Å². The van der Waals surface area contributed by atoms with Gasteiger partial charge in [0.2, 0.25) is 0 Å². The summed E-state index contributed by atoms with van der Waals surface area (Å²) in [5, 5.41) is 3.64. The highest BCUT2D eigenvalue weighted by Gasteiger charge is 2.29. The quantitative estimate of drug-likeness (QED) is 0.840. The fourth-order valence-electron chi connectivity index (χ4n) is 2.70. The standard InChI is InChI=1S/C14H16F2N2S/c15-10-5-6-11(16)13(7-10)18-14-17-12-4-2-1-3-9(12)8-19-14/h5-7,9,12H,1-4,8H2,(H,17,18). The Balaban J connectivity index is 1.76. The van der Waals surface area contributed by atoms with Crippen molar-refractivity contribution in [3.8, 4) is 0 Å². The van der Waals surface area contributed by atoms with E-state index < -0.39 is 11.6 Å². The summed E-state index contributed by atoms with van der Waals surface area (Å²) in [6.45, 7) is 0. The predicted octanol–water partition coefficient (Wildman–Crippen LogP) is 4.04. The molecule has 1 aliphatic carbocycles. The number of fused-ring (bicyclic) bond motifs is 1. The van der Waals surface area contributed by atoms with Crippen LogP contribution in [0.15, 0.2) is 23.2 Å². The number of halogens is 2. The normalized spacial score (nSPS) is 26.5. The van der Waals surface area contributed by atoms with Gasteiger partial charge in [0.25, 0.3) is 0 Å². The molecular weight excluding hydrogens is 266 g/mol. The smallest absolute Gasteiger partial charge is 0.161 e. The SMILES string of the molecule is Fc1ccc(F)c(NC2=NC3CCCCC3CS2)c1. The highest BCUT2D eigenvalue weighted by Crippen LogP contribution is 2.34. The topological polar surface area (TPSA) is 24.4 Å². The van der Waals surface area contributed by atoms with E-state index in [2.05, 4.69) is 10.3 Å². The summed E-state index contributed by atoms with van der Waals surface area (Å²) in [6, 6.07) is 3.78. The van der Waals surface area contributed by atoms with Crippen LogP contribution in [0.5, 0.6) is 0 Å². The molecule has 1 heterocycles. The second-order valence-electron chi connectivity index (χ2n) is 5.11. The van der Waals surface area contributed by atoms with Gasteiger partial charge in [-0.05, 0) is 30.9 Å². The zero-order valence-electron chi connectivity index (χ0n) is 10.5. The number of thioether (sulfide) groups is 1. The molecule has 0 radical (unpaired) electrons. The first-order valence-electron chi connectivity index (χ1n) is 6.65. The summed E-state index contributed by atoms with van der Waals surface area (Å²) >= 11 is 1.61. The Morgan fingerprint density at radius 3 is 2.95 bits per heavy atom. The Labute approximate surface area is 115 Å². The highest BCUT2D eigenvalue weighted by molar-refractivity contribution is 8.14. The first-order valence-corrected chi connectivity index (χ1v) is 7.63. The first-order chi connectivity index (χ1) is 9.22. The average molecular weight is 282 g/mol. The van der Waals surface area contributed by atoms with Gasteiger partial charge in [-0.3, -0.25) is 4.99 Å². The van der Waals surface area contributed by atoms with E-state index in [1.165, 1.54) is 25.3 Å². The molecule has 19 heavy (non-hydrogen) atoms. The minimum atomic E-state index is -0.449. The van der Waals surface area contributed by atoms with Gasteiger partial charge in [-0.1, -0.05) is 24.6 Å². The summed E-state index contributed by atoms with van der Waals surface area (Å²) in [6.07, 6.45) is 4.86. The third-order valence-electron chi connectivity index (χ3n) is 3.76. The molecule has 0 amide bonds. The third-order valence-corrected chi connectivity index (χ3v) is 4.83. The molecule has 2 nitrogen and oxygen atoms in total. The lowest BCUT2D eigenvalue weighted by Crippen LogP contribution is -2.31. The van der Waals surface area contributed by atoms with E-state index in [9.17, 15) is 8.78 Å². The molecule has 1 saturated carbocycles. The van der Waals surface area contributed by atoms with Crippen molar-refractivity contribution in [3.63, 3.8) is 0 Å². The van der Waals surface area contributed by atoms with Gasteiger partial charge in [0.1, 0.15) is 11.6 Å². The Bertz CT molecular complexity index is 504. The van der Waals surface area contributed by atoms with Crippen LogP contribution in [-0.4, -0.2) is 17.0 Å². The molecule has 1 aromatic rings. The zero-order valence-corrected chi connectivity index (χ0v) is 11.4. The number of amidine groups is 1. The minimum absolute atomic E-state index is 0.167. The van der Waals surface area contributed by atoms with Gasteiger partial charge >= 0.3 is 0 Å². The van der Waals surface area contributed by atoms with E-state index in [0.717, 1.165) is 24.3 Å². The van der Waals surface area contributed by atoms with E-state index in [4.69, 9.17) is 0 Å².